The van der Waals surface area contributed by atoms with Crippen molar-refractivity contribution in [2.24, 2.45) is 0 Å². The summed E-state index contributed by atoms with van der Waals surface area (Å²) in [4.78, 5) is 154. The highest BCUT2D eigenvalue weighted by molar-refractivity contribution is 7.46. The summed E-state index contributed by atoms with van der Waals surface area (Å²) in [5.74, 6) is -7.97. The SMILES string of the molecule is CC[C@@]1(O)C(=O)OCc2c1cc1n(c2=O)Cc2c-1nc1cc(F)c(C)c3c1c2[C@@H](NC(=O)C(C)(C)OCNC(=O)CNC(=O)[C@H](CCc1ccccc1)NC(=O)CNC(=O)CNC(=O)C(CNCOP(=O)(O)O)N1C(=O)C=CC1=O)CC3. The summed E-state index contributed by atoms with van der Waals surface area (Å²) in [6.45, 7) is 2.04. The highest BCUT2D eigenvalue weighted by Crippen LogP contribution is 2.46. The third kappa shape index (κ3) is 13.0. The summed E-state index contributed by atoms with van der Waals surface area (Å²) in [7, 11) is -4.90. The Hall–Kier alpha value is -8.11. The number of ether oxygens (including phenoxy) is 2. The van der Waals surface area contributed by atoms with Gasteiger partial charge in [-0.3, -0.25) is 57.9 Å². The Morgan fingerprint density at radius 2 is 1.57 bits per heavy atom. The van der Waals surface area contributed by atoms with Crippen molar-refractivity contribution in [2.75, 3.05) is 39.6 Å². The number of amides is 8. The van der Waals surface area contributed by atoms with Crippen molar-refractivity contribution in [2.45, 2.75) is 102 Å². The van der Waals surface area contributed by atoms with E-state index in [4.69, 9.17) is 24.2 Å². The van der Waals surface area contributed by atoms with Crippen LogP contribution < -0.4 is 42.8 Å². The van der Waals surface area contributed by atoms with Gasteiger partial charge in [-0.2, -0.15) is 0 Å². The molecule has 0 radical (unpaired) electrons. The molecule has 2 aromatic carbocycles. The van der Waals surface area contributed by atoms with Crippen LogP contribution in [0.15, 0.2) is 59.4 Å². The van der Waals surface area contributed by atoms with Crippen LogP contribution in [-0.4, -0.2) is 140 Å². The number of hydrogen-bond donors (Lipinski definition) is 10. The number of aryl methyl sites for hydroxylation is 2. The molecular formula is C53H60FN10O17P. The number of rotatable bonds is 24. The topological polar surface area (TPSA) is 381 Å². The van der Waals surface area contributed by atoms with Crippen LogP contribution in [0.3, 0.4) is 0 Å². The van der Waals surface area contributed by atoms with Gasteiger partial charge in [0, 0.05) is 41.3 Å². The minimum absolute atomic E-state index is 0.0174. The quantitative estimate of drug-likeness (QED) is 0.0115. The zero-order valence-electron chi connectivity index (χ0n) is 44.8. The van der Waals surface area contributed by atoms with Crippen LogP contribution in [0.25, 0.3) is 22.3 Å². The van der Waals surface area contributed by atoms with Gasteiger partial charge in [0.05, 0.1) is 54.7 Å². The molecule has 27 nitrogen and oxygen atoms in total. The summed E-state index contributed by atoms with van der Waals surface area (Å²) in [6, 6.07) is 8.27. The van der Waals surface area contributed by atoms with E-state index < -0.39 is 141 Å². The van der Waals surface area contributed by atoms with Crippen LogP contribution >= 0.6 is 7.82 Å². The first-order valence-corrected chi connectivity index (χ1v) is 27.5. The second-order valence-electron chi connectivity index (χ2n) is 20.2. The maximum absolute atomic E-state index is 15.5. The molecule has 8 amide bonds. The van der Waals surface area contributed by atoms with Crippen LogP contribution in [0.2, 0.25) is 0 Å². The van der Waals surface area contributed by atoms with Gasteiger partial charge in [0.15, 0.2) is 5.60 Å². The average Bonchev–Trinajstić information content (AvgIpc) is 4.07. The first kappa shape index (κ1) is 60.0. The van der Waals surface area contributed by atoms with Gasteiger partial charge in [-0.05, 0) is 81.2 Å². The first-order chi connectivity index (χ1) is 38.8. The molecule has 10 N–H and O–H groups in total. The predicted octanol–water partition coefficient (Wildman–Crippen LogP) is -1.08. The van der Waals surface area contributed by atoms with Gasteiger partial charge in [0.2, 0.25) is 29.5 Å². The van der Waals surface area contributed by atoms with Crippen molar-refractivity contribution in [3.8, 4) is 11.4 Å². The summed E-state index contributed by atoms with van der Waals surface area (Å²) < 4.78 is 43.3. The maximum atomic E-state index is 15.5. The number of phosphoric acid groups is 1. The second-order valence-corrected chi connectivity index (χ2v) is 21.5. The van der Waals surface area contributed by atoms with Crippen LogP contribution in [0.5, 0.6) is 0 Å². The van der Waals surface area contributed by atoms with Crippen LogP contribution in [0.1, 0.15) is 85.0 Å². The minimum Gasteiger partial charge on any atom is -0.458 e. The lowest BCUT2D eigenvalue weighted by molar-refractivity contribution is -0.172. The van der Waals surface area contributed by atoms with Crippen molar-refractivity contribution >= 4 is 72.0 Å². The van der Waals surface area contributed by atoms with Crippen molar-refractivity contribution < 1.29 is 81.0 Å². The lowest BCUT2D eigenvalue weighted by atomic mass is 9.81. The van der Waals surface area contributed by atoms with Crippen molar-refractivity contribution in [1.82, 2.24) is 51.7 Å². The standard InChI is InChI=1S/C53H60FN10O17P/c1-5-53(75)32-17-37-46-30(23-63(37)49(72)31(32)24-79-51(53)74)45-34(14-12-29-27(2)33(54)18-36(61-46)44(29)45)62-50(73)52(3,4)80-26-59-40(66)21-57-47(70)35(13-11-28-9-7-6-8-10-28)60-41(67)22-56-39(65)20-58-48(71)38(19-55-25-81-82(76,77)78)64-42(68)15-16-43(64)69/h6-10,15-18,34-35,38,55,75H,5,11-14,19-26H2,1-4H3,(H,56,65)(H,57,70)(H,58,71)(H,59,66)(H,60,67)(H,62,73)(H2,76,77,78)/t34-,35-,38?,53-/m0/s1. The number of aromatic nitrogens is 2. The largest absolute Gasteiger partial charge is 0.470 e. The lowest BCUT2D eigenvalue weighted by Gasteiger charge is -2.32. The molecule has 0 bridgehead atoms. The van der Waals surface area contributed by atoms with Gasteiger partial charge in [-0.25, -0.2) is 18.7 Å². The first-order valence-electron chi connectivity index (χ1n) is 26.0. The fourth-order valence-electron chi connectivity index (χ4n) is 10.1. The molecule has 4 aliphatic rings. The summed E-state index contributed by atoms with van der Waals surface area (Å²) in [6.07, 6.45) is 2.75. The number of fused-ring (bicyclic) bond motifs is 5. The molecule has 3 aliphatic heterocycles. The van der Waals surface area contributed by atoms with Gasteiger partial charge in [0.25, 0.3) is 23.3 Å². The molecule has 5 heterocycles. The van der Waals surface area contributed by atoms with Crippen LogP contribution in [0, 0.1) is 12.7 Å². The number of nitrogens with zero attached hydrogens (tertiary/aromatic N) is 3. The molecule has 8 rings (SSSR count). The molecule has 0 saturated carbocycles. The fourth-order valence-corrected chi connectivity index (χ4v) is 10.3. The molecule has 29 heteroatoms. The molecule has 436 valence electrons. The molecule has 1 aliphatic carbocycles. The number of aliphatic hydroxyl groups is 1. The number of pyridine rings is 2. The number of imide groups is 1. The maximum Gasteiger partial charge on any atom is 0.470 e. The Labute approximate surface area is 466 Å². The molecule has 2 aromatic heterocycles. The normalized spacial score (nSPS) is 17.7. The fraction of sp³-hybridized carbons (Fsp3) is 0.415. The number of esters is 1. The Morgan fingerprint density at radius 1 is 0.902 bits per heavy atom. The number of halogens is 1. The summed E-state index contributed by atoms with van der Waals surface area (Å²) in [5.41, 5.74) is 0.0940. The zero-order chi connectivity index (χ0) is 59.4. The summed E-state index contributed by atoms with van der Waals surface area (Å²) >= 11 is 0. The number of carbonyl (C=O) groups is 9. The number of cyclic esters (lactones) is 1. The number of carbonyl (C=O) groups excluding carboxylic acids is 9. The van der Waals surface area contributed by atoms with Crippen LogP contribution in [-0.2, 0) is 93.3 Å². The number of benzene rings is 2. The minimum atomic E-state index is -4.90. The number of nitrogens with one attached hydrogen (secondary N) is 7. The molecule has 0 saturated heterocycles. The van der Waals surface area contributed by atoms with Gasteiger partial charge in [-0.15, -0.1) is 0 Å². The van der Waals surface area contributed by atoms with E-state index in [1.165, 1.54) is 24.5 Å². The predicted molar refractivity (Wildman–Crippen MR) is 283 cm³/mol. The van der Waals surface area contributed by atoms with Crippen molar-refractivity contribution in [1.29, 1.82) is 0 Å². The van der Waals surface area contributed by atoms with Crippen LogP contribution in [0.4, 0.5) is 4.39 Å². The smallest absolute Gasteiger partial charge is 0.458 e. The van der Waals surface area contributed by atoms with E-state index in [1.54, 1.807) is 50.2 Å². The van der Waals surface area contributed by atoms with Gasteiger partial charge >= 0.3 is 13.8 Å². The van der Waals surface area contributed by atoms with E-state index in [-0.39, 0.29) is 42.6 Å². The molecule has 1 unspecified atom stereocenters. The van der Waals surface area contributed by atoms with E-state index in [2.05, 4.69) is 41.7 Å². The average molecular weight is 1160 g/mol. The molecule has 0 fully saturated rings. The molecule has 4 atom stereocenters. The Morgan fingerprint density at radius 3 is 2.26 bits per heavy atom. The van der Waals surface area contributed by atoms with E-state index in [0.29, 0.717) is 63.2 Å². The number of hydrogen-bond acceptors (Lipinski definition) is 17. The van der Waals surface area contributed by atoms with Gasteiger partial charge < -0.3 is 60.8 Å². The lowest BCUT2D eigenvalue weighted by Crippen LogP contribution is -2.55. The third-order valence-electron chi connectivity index (χ3n) is 14.6. The molecule has 0 spiro atoms. The van der Waals surface area contributed by atoms with E-state index in [0.717, 1.165) is 17.7 Å². The van der Waals surface area contributed by atoms with E-state index in [1.807, 2.05) is 0 Å². The van der Waals surface area contributed by atoms with Crippen molar-refractivity contribution in [3.63, 3.8) is 0 Å². The zero-order valence-corrected chi connectivity index (χ0v) is 45.7. The Bertz CT molecular complexity index is 3420. The highest BCUT2D eigenvalue weighted by atomic mass is 31.2. The Kier molecular flexibility index (Phi) is 18.0. The Balaban J connectivity index is 0.857. The highest BCUT2D eigenvalue weighted by Gasteiger charge is 2.46. The summed E-state index contributed by atoms with van der Waals surface area (Å²) in [5, 5.41) is 29.5. The molecular weight excluding hydrogens is 1100 g/mol. The van der Waals surface area contributed by atoms with Gasteiger partial charge in [0.1, 0.15) is 43.6 Å². The number of phosphoric ester groups is 1. The molecule has 82 heavy (non-hydrogen) atoms. The second kappa shape index (κ2) is 24.5. The van der Waals surface area contributed by atoms with E-state index in [9.17, 15) is 57.6 Å². The van der Waals surface area contributed by atoms with E-state index >= 15 is 4.39 Å². The van der Waals surface area contributed by atoms with Gasteiger partial charge in [-0.1, -0.05) is 37.3 Å². The molecule has 4 aromatic rings. The van der Waals surface area contributed by atoms with Crippen molar-refractivity contribution in [3.05, 3.63) is 110 Å². The third-order valence-corrected chi connectivity index (χ3v) is 15.0. The monoisotopic (exact) mass is 1160 g/mol.